The molecule has 1 aromatic heterocycles. The first-order chi connectivity index (χ1) is 8.24. The second-order valence-corrected chi connectivity index (χ2v) is 3.28. The molecule has 0 amide bonds. The van der Waals surface area contributed by atoms with Gasteiger partial charge in [0.1, 0.15) is 18.1 Å². The van der Waals surface area contributed by atoms with Gasteiger partial charge < -0.3 is 10.5 Å². The summed E-state index contributed by atoms with van der Waals surface area (Å²) in [6.45, 7) is 2.42. The van der Waals surface area contributed by atoms with Crippen molar-refractivity contribution in [1.29, 1.82) is 5.26 Å². The zero-order chi connectivity index (χ0) is 12.3. The molecule has 2 rings (SSSR count). The lowest BCUT2D eigenvalue weighted by Crippen LogP contribution is -2.00. The Labute approximate surface area is 98.3 Å². The molecule has 0 radical (unpaired) electrons. The Morgan fingerprint density at radius 3 is 3.00 bits per heavy atom. The van der Waals surface area contributed by atoms with E-state index in [2.05, 4.69) is 10.1 Å². The molecule has 1 aromatic carbocycles. The van der Waals surface area contributed by atoms with Gasteiger partial charge in [-0.1, -0.05) is 0 Å². The van der Waals surface area contributed by atoms with Crippen LogP contribution in [0.2, 0.25) is 0 Å². The maximum absolute atomic E-state index is 8.65. The first-order valence-electron chi connectivity index (χ1n) is 5.09. The monoisotopic (exact) mass is 229 g/mol. The van der Waals surface area contributed by atoms with Gasteiger partial charge in [-0.05, 0) is 19.1 Å². The molecule has 0 aliphatic carbocycles. The van der Waals surface area contributed by atoms with Gasteiger partial charge in [0.25, 0.3) is 5.82 Å². The van der Waals surface area contributed by atoms with Gasteiger partial charge in [-0.2, -0.15) is 5.26 Å². The van der Waals surface area contributed by atoms with Crippen LogP contribution in [0.25, 0.3) is 5.69 Å². The zero-order valence-electron chi connectivity index (χ0n) is 9.29. The number of benzene rings is 1. The van der Waals surface area contributed by atoms with Crippen LogP contribution in [0.5, 0.6) is 5.75 Å². The van der Waals surface area contributed by atoms with Gasteiger partial charge in [0.15, 0.2) is 0 Å². The van der Waals surface area contributed by atoms with Crippen molar-refractivity contribution in [3.8, 4) is 17.5 Å². The highest BCUT2D eigenvalue weighted by molar-refractivity contribution is 5.57. The lowest BCUT2D eigenvalue weighted by molar-refractivity contribution is 0.342. The summed E-state index contributed by atoms with van der Waals surface area (Å²) in [7, 11) is 0. The molecule has 86 valence electrons. The minimum Gasteiger partial charge on any atom is -0.492 e. The Morgan fingerprint density at radius 1 is 1.53 bits per heavy atom. The number of anilines is 1. The predicted octanol–water partition coefficient (Wildman–Crippen LogP) is 1.12. The number of nitrogens with two attached hydrogens (primary N) is 1. The number of hydrogen-bond acceptors (Lipinski definition) is 5. The van der Waals surface area contributed by atoms with Crippen LogP contribution >= 0.6 is 0 Å². The first-order valence-corrected chi connectivity index (χ1v) is 5.09. The molecule has 0 aliphatic heterocycles. The molecular weight excluding hydrogens is 218 g/mol. The summed E-state index contributed by atoms with van der Waals surface area (Å²) < 4.78 is 6.88. The van der Waals surface area contributed by atoms with Gasteiger partial charge in [0, 0.05) is 6.07 Å². The van der Waals surface area contributed by atoms with Gasteiger partial charge >= 0.3 is 0 Å². The molecule has 0 saturated carbocycles. The van der Waals surface area contributed by atoms with E-state index in [-0.39, 0.29) is 5.82 Å². The van der Waals surface area contributed by atoms with Crippen LogP contribution in [0.3, 0.4) is 0 Å². The molecule has 2 N–H and O–H groups in total. The quantitative estimate of drug-likeness (QED) is 0.796. The largest absolute Gasteiger partial charge is 0.492 e. The number of aromatic nitrogens is 3. The Bertz CT molecular complexity index is 569. The second-order valence-electron chi connectivity index (χ2n) is 3.28. The van der Waals surface area contributed by atoms with Gasteiger partial charge in [-0.25, -0.2) is 9.67 Å². The van der Waals surface area contributed by atoms with Gasteiger partial charge in [0.05, 0.1) is 18.0 Å². The van der Waals surface area contributed by atoms with Crippen molar-refractivity contribution in [2.24, 2.45) is 0 Å². The van der Waals surface area contributed by atoms with Crippen molar-refractivity contribution >= 4 is 5.69 Å². The van der Waals surface area contributed by atoms with Crippen molar-refractivity contribution < 1.29 is 4.74 Å². The molecule has 6 heteroatoms. The summed E-state index contributed by atoms with van der Waals surface area (Å²) in [6.07, 6.45) is 1.47. The lowest BCUT2D eigenvalue weighted by atomic mass is 10.2. The summed E-state index contributed by atoms with van der Waals surface area (Å²) in [5.41, 5.74) is 7.08. The smallest absolute Gasteiger partial charge is 0.252 e. The molecule has 0 aliphatic rings. The van der Waals surface area contributed by atoms with Gasteiger partial charge in [-0.15, -0.1) is 5.10 Å². The molecule has 0 saturated heterocycles. The fourth-order valence-corrected chi connectivity index (χ4v) is 1.38. The maximum atomic E-state index is 8.65. The van der Waals surface area contributed by atoms with Crippen molar-refractivity contribution in [3.63, 3.8) is 0 Å². The second kappa shape index (κ2) is 4.53. The Morgan fingerprint density at radius 2 is 2.35 bits per heavy atom. The highest BCUT2D eigenvalue weighted by Crippen LogP contribution is 2.24. The third kappa shape index (κ3) is 2.18. The highest BCUT2D eigenvalue weighted by Gasteiger charge is 2.05. The molecule has 17 heavy (non-hydrogen) atoms. The third-order valence-corrected chi connectivity index (χ3v) is 2.15. The zero-order valence-corrected chi connectivity index (χ0v) is 9.29. The van der Waals surface area contributed by atoms with E-state index in [0.29, 0.717) is 18.0 Å². The molecule has 2 aromatic rings. The van der Waals surface area contributed by atoms with E-state index in [1.54, 1.807) is 18.2 Å². The standard InChI is InChI=1S/C11H11N5O/c1-2-17-10-5-8(3-4-9(10)13)16-7-14-11(6-12)15-16/h3-5,7H,2,13H2,1H3. The van der Waals surface area contributed by atoms with E-state index in [1.807, 2.05) is 13.0 Å². The summed E-state index contributed by atoms with van der Waals surface area (Å²) in [6, 6.07) is 7.14. The number of nitrogen functional groups attached to an aromatic ring is 1. The number of hydrogen-bond donors (Lipinski definition) is 1. The summed E-state index contributed by atoms with van der Waals surface area (Å²) in [4.78, 5) is 3.83. The summed E-state index contributed by atoms with van der Waals surface area (Å²) in [5.74, 6) is 0.721. The Balaban J connectivity index is 2.39. The van der Waals surface area contributed by atoms with Crippen LogP contribution in [0.4, 0.5) is 5.69 Å². The summed E-state index contributed by atoms with van der Waals surface area (Å²) in [5, 5.41) is 12.6. The number of rotatable bonds is 3. The average molecular weight is 229 g/mol. The lowest BCUT2D eigenvalue weighted by Gasteiger charge is -2.08. The van der Waals surface area contributed by atoms with E-state index in [4.69, 9.17) is 15.7 Å². The van der Waals surface area contributed by atoms with E-state index >= 15 is 0 Å². The first kappa shape index (κ1) is 11.0. The minimum atomic E-state index is 0.125. The number of ether oxygens (including phenoxy) is 1. The average Bonchev–Trinajstić information content (AvgIpc) is 2.81. The van der Waals surface area contributed by atoms with Crippen LogP contribution in [-0.4, -0.2) is 21.4 Å². The van der Waals surface area contributed by atoms with Crippen LogP contribution in [0.15, 0.2) is 24.5 Å². The third-order valence-electron chi connectivity index (χ3n) is 2.15. The van der Waals surface area contributed by atoms with Crippen LogP contribution in [0.1, 0.15) is 12.7 Å². The fourth-order valence-electron chi connectivity index (χ4n) is 1.38. The van der Waals surface area contributed by atoms with Crippen LogP contribution in [-0.2, 0) is 0 Å². The maximum Gasteiger partial charge on any atom is 0.252 e. The van der Waals surface area contributed by atoms with E-state index < -0.39 is 0 Å². The van der Waals surface area contributed by atoms with Crippen LogP contribution < -0.4 is 10.5 Å². The molecule has 0 fully saturated rings. The number of nitriles is 1. The Hall–Kier alpha value is -2.55. The van der Waals surface area contributed by atoms with E-state index in [0.717, 1.165) is 5.69 Å². The normalized spacial score (nSPS) is 9.88. The molecule has 0 atom stereocenters. The topological polar surface area (TPSA) is 89.8 Å². The minimum absolute atomic E-state index is 0.125. The molecule has 0 spiro atoms. The van der Waals surface area contributed by atoms with Gasteiger partial charge in [-0.3, -0.25) is 0 Å². The van der Waals surface area contributed by atoms with Crippen LogP contribution in [0, 0.1) is 11.3 Å². The molecule has 0 bridgehead atoms. The van der Waals surface area contributed by atoms with Crippen molar-refractivity contribution in [2.75, 3.05) is 12.3 Å². The predicted molar refractivity (Wildman–Crippen MR) is 61.7 cm³/mol. The fraction of sp³-hybridized carbons (Fsp3) is 0.182. The van der Waals surface area contributed by atoms with Crippen molar-refractivity contribution in [1.82, 2.24) is 14.8 Å². The highest BCUT2D eigenvalue weighted by atomic mass is 16.5. The molecule has 0 unspecified atom stereocenters. The van der Waals surface area contributed by atoms with E-state index in [9.17, 15) is 0 Å². The summed E-state index contributed by atoms with van der Waals surface area (Å²) >= 11 is 0. The van der Waals surface area contributed by atoms with Crippen molar-refractivity contribution in [2.45, 2.75) is 6.92 Å². The van der Waals surface area contributed by atoms with Gasteiger partial charge in [0.2, 0.25) is 0 Å². The number of nitrogens with zero attached hydrogens (tertiary/aromatic N) is 4. The van der Waals surface area contributed by atoms with E-state index in [1.165, 1.54) is 11.0 Å². The Kier molecular flexibility index (Phi) is 2.92. The molecule has 1 heterocycles. The molecular formula is C11H11N5O. The molecule has 6 nitrogen and oxygen atoms in total. The van der Waals surface area contributed by atoms with Crippen molar-refractivity contribution in [3.05, 3.63) is 30.4 Å². The SMILES string of the molecule is CCOc1cc(-n2cnc(C#N)n2)ccc1N.